The van der Waals surface area contributed by atoms with Gasteiger partial charge in [0.15, 0.2) is 0 Å². The van der Waals surface area contributed by atoms with Crippen molar-refractivity contribution in [3.63, 3.8) is 0 Å². The van der Waals surface area contributed by atoms with Crippen molar-refractivity contribution in [1.82, 2.24) is 10.2 Å². The number of carboxylic acid groups (broad SMARTS) is 1. The zero-order valence-electron chi connectivity index (χ0n) is 9.03. The molecule has 0 fully saturated rings. The number of carbonyl (C=O) groups excluding carboxylic acids is 1. The number of carbonyl (C=O) groups is 2. The lowest BCUT2D eigenvalue weighted by Gasteiger charge is -2.19. The van der Waals surface area contributed by atoms with Gasteiger partial charge in [-0.25, -0.2) is 0 Å². The summed E-state index contributed by atoms with van der Waals surface area (Å²) in [6.07, 6.45) is 1.82. The molecule has 0 heterocycles. The number of nitrogens with one attached hydrogen (secondary N) is 1. The van der Waals surface area contributed by atoms with Crippen LogP contribution in [0.5, 0.6) is 0 Å². The van der Waals surface area contributed by atoms with E-state index in [1.54, 1.807) is 6.08 Å². The molecule has 0 aliphatic heterocycles. The molecule has 5 heteroatoms. The number of nitrogens with zero attached hydrogens (tertiary/aromatic N) is 1. The van der Waals surface area contributed by atoms with Crippen LogP contribution in [-0.4, -0.2) is 48.1 Å². The van der Waals surface area contributed by atoms with Crippen molar-refractivity contribution in [3.8, 4) is 0 Å². The average Bonchev–Trinajstić information content (AvgIpc) is 2.13. The van der Waals surface area contributed by atoms with Gasteiger partial charge in [0, 0.05) is 33.1 Å². The van der Waals surface area contributed by atoms with Crippen molar-refractivity contribution in [1.29, 1.82) is 0 Å². The highest BCUT2D eigenvalue weighted by Gasteiger charge is 2.05. The summed E-state index contributed by atoms with van der Waals surface area (Å²) in [7, 11) is 0. The summed E-state index contributed by atoms with van der Waals surface area (Å²) in [6, 6.07) is 0. The van der Waals surface area contributed by atoms with Gasteiger partial charge < -0.3 is 10.4 Å². The van der Waals surface area contributed by atoms with Gasteiger partial charge in [-0.15, -0.1) is 6.58 Å². The molecular weight excluding hydrogens is 196 g/mol. The molecular formula is C10H18N2O3. The molecule has 0 atom stereocenters. The smallest absolute Gasteiger partial charge is 0.304 e. The zero-order chi connectivity index (χ0) is 11.7. The number of hydrogen-bond donors (Lipinski definition) is 2. The monoisotopic (exact) mass is 214 g/mol. The first-order valence-corrected chi connectivity index (χ1v) is 4.85. The molecule has 0 spiro atoms. The van der Waals surface area contributed by atoms with E-state index in [0.717, 1.165) is 0 Å². The number of hydrogen-bond acceptors (Lipinski definition) is 3. The fourth-order valence-electron chi connectivity index (χ4n) is 1.12. The van der Waals surface area contributed by atoms with Crippen molar-refractivity contribution >= 4 is 11.9 Å². The van der Waals surface area contributed by atoms with Gasteiger partial charge >= 0.3 is 5.97 Å². The van der Waals surface area contributed by atoms with E-state index >= 15 is 0 Å². The van der Waals surface area contributed by atoms with E-state index in [1.807, 2.05) is 4.90 Å². The second-order valence-electron chi connectivity index (χ2n) is 3.22. The number of amides is 1. The van der Waals surface area contributed by atoms with Crippen molar-refractivity contribution in [2.45, 2.75) is 13.3 Å². The largest absolute Gasteiger partial charge is 0.481 e. The topological polar surface area (TPSA) is 69.6 Å². The van der Waals surface area contributed by atoms with Crippen LogP contribution < -0.4 is 5.32 Å². The van der Waals surface area contributed by atoms with Crippen molar-refractivity contribution in [2.24, 2.45) is 0 Å². The number of aliphatic carboxylic acids is 1. The molecule has 0 saturated carbocycles. The molecule has 86 valence electrons. The lowest BCUT2D eigenvalue weighted by Crippen LogP contribution is -2.35. The van der Waals surface area contributed by atoms with Gasteiger partial charge in [0.25, 0.3) is 0 Å². The summed E-state index contributed by atoms with van der Waals surface area (Å²) >= 11 is 0. The Morgan fingerprint density at radius 1 is 1.47 bits per heavy atom. The van der Waals surface area contributed by atoms with E-state index in [1.165, 1.54) is 6.92 Å². The first-order valence-electron chi connectivity index (χ1n) is 4.85. The standard InChI is InChI=1S/C10H18N2O3/c1-3-6-12(7-4-10(14)15)8-5-11-9(2)13/h3H,1,4-8H2,2H3,(H,11,13)(H,14,15). The second kappa shape index (κ2) is 7.99. The third-order valence-electron chi connectivity index (χ3n) is 1.83. The van der Waals surface area contributed by atoms with Crippen molar-refractivity contribution in [3.05, 3.63) is 12.7 Å². The zero-order valence-corrected chi connectivity index (χ0v) is 9.03. The van der Waals surface area contributed by atoms with E-state index in [4.69, 9.17) is 5.11 Å². The van der Waals surface area contributed by atoms with Gasteiger partial charge in [-0.05, 0) is 0 Å². The highest BCUT2D eigenvalue weighted by atomic mass is 16.4. The Kier molecular flexibility index (Phi) is 7.27. The summed E-state index contributed by atoms with van der Waals surface area (Å²) in [4.78, 5) is 22.9. The molecule has 15 heavy (non-hydrogen) atoms. The second-order valence-corrected chi connectivity index (χ2v) is 3.22. The highest BCUT2D eigenvalue weighted by molar-refractivity contribution is 5.72. The third kappa shape index (κ3) is 8.96. The van der Waals surface area contributed by atoms with Crippen LogP contribution in [0.15, 0.2) is 12.7 Å². The predicted octanol–water partition coefficient (Wildman–Crippen LogP) is 0.0852. The Bertz CT molecular complexity index is 229. The minimum absolute atomic E-state index is 0.0770. The van der Waals surface area contributed by atoms with E-state index in [-0.39, 0.29) is 12.3 Å². The molecule has 0 unspecified atom stereocenters. The highest BCUT2D eigenvalue weighted by Crippen LogP contribution is 1.91. The molecule has 0 bridgehead atoms. The quantitative estimate of drug-likeness (QED) is 0.562. The van der Waals surface area contributed by atoms with E-state index in [2.05, 4.69) is 11.9 Å². The summed E-state index contributed by atoms with van der Waals surface area (Å²) in [6.45, 7) is 7.32. The minimum Gasteiger partial charge on any atom is -0.481 e. The summed E-state index contributed by atoms with van der Waals surface area (Å²) < 4.78 is 0. The molecule has 5 nitrogen and oxygen atoms in total. The summed E-state index contributed by atoms with van der Waals surface area (Å²) in [5.74, 6) is -0.893. The molecule has 2 N–H and O–H groups in total. The molecule has 0 aliphatic rings. The van der Waals surface area contributed by atoms with E-state index in [9.17, 15) is 9.59 Å². The first-order chi connectivity index (χ1) is 7.06. The molecule has 0 aliphatic carbocycles. The molecule has 0 saturated heterocycles. The van der Waals surface area contributed by atoms with Gasteiger partial charge in [-0.1, -0.05) is 6.08 Å². The molecule has 0 aromatic rings. The average molecular weight is 214 g/mol. The van der Waals surface area contributed by atoms with Crippen LogP contribution in [-0.2, 0) is 9.59 Å². The molecule has 0 aromatic carbocycles. The van der Waals surface area contributed by atoms with Crippen LogP contribution in [0.3, 0.4) is 0 Å². The van der Waals surface area contributed by atoms with Gasteiger partial charge in [0.1, 0.15) is 0 Å². The Morgan fingerprint density at radius 3 is 2.60 bits per heavy atom. The Balaban J connectivity index is 3.76. The lowest BCUT2D eigenvalue weighted by atomic mass is 10.3. The van der Waals surface area contributed by atoms with Crippen LogP contribution in [0.25, 0.3) is 0 Å². The number of carboxylic acids is 1. The van der Waals surface area contributed by atoms with Crippen LogP contribution in [0.2, 0.25) is 0 Å². The maximum Gasteiger partial charge on any atom is 0.304 e. The maximum atomic E-state index is 10.6. The predicted molar refractivity (Wildman–Crippen MR) is 57.6 cm³/mol. The SMILES string of the molecule is C=CCN(CCNC(C)=O)CCC(=O)O. The summed E-state index contributed by atoms with van der Waals surface area (Å²) in [5.41, 5.74) is 0. The van der Waals surface area contributed by atoms with Gasteiger partial charge in [0.05, 0.1) is 6.42 Å². The molecule has 1 amide bonds. The Hall–Kier alpha value is -1.36. The molecule has 0 radical (unpaired) electrons. The van der Waals surface area contributed by atoms with Crippen LogP contribution >= 0.6 is 0 Å². The fourth-order valence-corrected chi connectivity index (χ4v) is 1.12. The normalized spacial score (nSPS) is 10.0. The number of rotatable bonds is 8. The Morgan fingerprint density at radius 2 is 2.13 bits per heavy atom. The van der Waals surface area contributed by atoms with E-state index < -0.39 is 5.97 Å². The molecule has 0 aromatic heterocycles. The van der Waals surface area contributed by atoms with Crippen molar-refractivity contribution in [2.75, 3.05) is 26.2 Å². The van der Waals surface area contributed by atoms with Crippen LogP contribution in [0.1, 0.15) is 13.3 Å². The third-order valence-corrected chi connectivity index (χ3v) is 1.83. The maximum absolute atomic E-state index is 10.6. The lowest BCUT2D eigenvalue weighted by molar-refractivity contribution is -0.137. The van der Waals surface area contributed by atoms with Crippen LogP contribution in [0.4, 0.5) is 0 Å². The summed E-state index contributed by atoms with van der Waals surface area (Å²) in [5, 5.41) is 11.2. The Labute approximate surface area is 89.8 Å². The minimum atomic E-state index is -0.816. The molecule has 0 rings (SSSR count). The first kappa shape index (κ1) is 13.6. The fraction of sp³-hybridized carbons (Fsp3) is 0.600. The van der Waals surface area contributed by atoms with Crippen molar-refractivity contribution < 1.29 is 14.7 Å². The van der Waals surface area contributed by atoms with Crippen LogP contribution in [0, 0.1) is 0 Å². The van der Waals surface area contributed by atoms with E-state index in [0.29, 0.717) is 26.2 Å². The van der Waals surface area contributed by atoms with Gasteiger partial charge in [-0.2, -0.15) is 0 Å². The van der Waals surface area contributed by atoms with Gasteiger partial charge in [-0.3, -0.25) is 14.5 Å². The van der Waals surface area contributed by atoms with Gasteiger partial charge in [0.2, 0.25) is 5.91 Å².